The maximum atomic E-state index is 13.6. The lowest BCUT2D eigenvalue weighted by Gasteiger charge is -2.15. The first-order valence-corrected chi connectivity index (χ1v) is 4.94. The minimum absolute atomic E-state index is 0.559. The zero-order valence-electron chi connectivity index (χ0n) is 8.62. The molecule has 4 atom stereocenters. The number of H-pyrrole nitrogens is 1. The van der Waals surface area contributed by atoms with Gasteiger partial charge in [-0.3, -0.25) is 14.3 Å². The molecule has 2 rings (SSSR count). The van der Waals surface area contributed by atoms with Crippen LogP contribution in [0.3, 0.4) is 0 Å². The molecule has 2 heterocycles. The number of ether oxygens (including phenoxy) is 1. The van der Waals surface area contributed by atoms with E-state index in [1.165, 1.54) is 0 Å². The van der Waals surface area contributed by atoms with Gasteiger partial charge in [0.1, 0.15) is 12.2 Å². The summed E-state index contributed by atoms with van der Waals surface area (Å²) >= 11 is 0. The third-order valence-corrected chi connectivity index (χ3v) is 2.60. The fourth-order valence-electron chi connectivity index (χ4n) is 1.71. The van der Waals surface area contributed by atoms with E-state index in [1.807, 2.05) is 4.98 Å². The molecule has 1 aliphatic rings. The van der Waals surface area contributed by atoms with E-state index < -0.39 is 42.5 Å². The number of nitrogens with zero attached hydrogens (tertiary/aromatic N) is 1. The minimum atomic E-state index is -1.85. The Morgan fingerprint density at radius 3 is 2.76 bits per heavy atom. The number of hydrogen-bond donors (Lipinski definition) is 3. The van der Waals surface area contributed by atoms with Gasteiger partial charge in [-0.2, -0.15) is 0 Å². The zero-order chi connectivity index (χ0) is 12.6. The van der Waals surface area contributed by atoms with Gasteiger partial charge >= 0.3 is 5.69 Å². The second-order valence-corrected chi connectivity index (χ2v) is 3.70. The van der Waals surface area contributed by atoms with Gasteiger partial charge in [-0.25, -0.2) is 9.18 Å². The Balaban J connectivity index is 2.35. The molecule has 0 amide bonds. The summed E-state index contributed by atoms with van der Waals surface area (Å²) in [6, 6.07) is 1.04. The van der Waals surface area contributed by atoms with Crippen molar-refractivity contribution in [3.05, 3.63) is 33.1 Å². The number of rotatable bonds is 2. The highest BCUT2D eigenvalue weighted by Crippen LogP contribution is 2.30. The molecule has 1 aromatic rings. The van der Waals surface area contributed by atoms with Gasteiger partial charge < -0.3 is 14.9 Å². The molecule has 1 aromatic heterocycles. The molecule has 1 unspecified atom stereocenters. The van der Waals surface area contributed by atoms with Gasteiger partial charge in [0.05, 0.1) is 6.61 Å². The Labute approximate surface area is 94.1 Å². The van der Waals surface area contributed by atoms with Crippen molar-refractivity contribution >= 4 is 0 Å². The highest BCUT2D eigenvalue weighted by molar-refractivity contribution is 4.93. The topological polar surface area (TPSA) is 105 Å². The molecule has 7 nitrogen and oxygen atoms in total. The first-order chi connectivity index (χ1) is 8.04. The second-order valence-electron chi connectivity index (χ2n) is 3.70. The maximum Gasteiger partial charge on any atom is 0.330 e. The minimum Gasteiger partial charge on any atom is -0.394 e. The van der Waals surface area contributed by atoms with Crippen LogP contribution in [0.2, 0.25) is 0 Å². The lowest BCUT2D eigenvalue weighted by atomic mass is 10.1. The normalized spacial score (nSPS) is 32.9. The van der Waals surface area contributed by atoms with E-state index in [9.17, 15) is 19.1 Å². The van der Waals surface area contributed by atoms with E-state index in [2.05, 4.69) is 0 Å². The van der Waals surface area contributed by atoms with Crippen LogP contribution in [-0.2, 0) is 4.74 Å². The maximum absolute atomic E-state index is 13.6. The number of aromatic amines is 1. The summed E-state index contributed by atoms with van der Waals surface area (Å²) in [5, 5.41) is 18.2. The highest BCUT2D eigenvalue weighted by atomic mass is 19.1. The van der Waals surface area contributed by atoms with Crippen molar-refractivity contribution in [2.45, 2.75) is 24.6 Å². The van der Waals surface area contributed by atoms with Crippen molar-refractivity contribution in [3.8, 4) is 0 Å². The largest absolute Gasteiger partial charge is 0.394 e. The molecule has 0 spiro atoms. The van der Waals surface area contributed by atoms with Gasteiger partial charge in [-0.15, -0.1) is 0 Å². The Kier molecular flexibility index (Phi) is 3.09. The van der Waals surface area contributed by atoms with Crippen LogP contribution in [0.15, 0.2) is 21.9 Å². The summed E-state index contributed by atoms with van der Waals surface area (Å²) in [7, 11) is 0. The van der Waals surface area contributed by atoms with Crippen molar-refractivity contribution < 1.29 is 19.3 Å². The predicted molar refractivity (Wildman–Crippen MR) is 53.2 cm³/mol. The van der Waals surface area contributed by atoms with Crippen LogP contribution >= 0.6 is 0 Å². The van der Waals surface area contributed by atoms with Crippen LogP contribution in [0, 0.1) is 0 Å². The second kappa shape index (κ2) is 4.40. The fourth-order valence-corrected chi connectivity index (χ4v) is 1.71. The van der Waals surface area contributed by atoms with E-state index in [4.69, 9.17) is 9.84 Å². The van der Waals surface area contributed by atoms with Crippen molar-refractivity contribution in [1.29, 1.82) is 0 Å². The van der Waals surface area contributed by atoms with Crippen molar-refractivity contribution in [2.24, 2.45) is 0 Å². The van der Waals surface area contributed by atoms with Crippen LogP contribution in [0.25, 0.3) is 0 Å². The molecule has 0 bridgehead atoms. The Hall–Kier alpha value is -1.51. The van der Waals surface area contributed by atoms with Crippen LogP contribution in [0.1, 0.15) is 6.23 Å². The van der Waals surface area contributed by atoms with Crippen LogP contribution in [0.5, 0.6) is 0 Å². The number of aromatic nitrogens is 2. The van der Waals surface area contributed by atoms with Crippen LogP contribution in [0.4, 0.5) is 4.39 Å². The Morgan fingerprint density at radius 1 is 1.53 bits per heavy atom. The number of alkyl halides is 1. The number of hydrogen-bond acceptors (Lipinski definition) is 5. The third-order valence-electron chi connectivity index (χ3n) is 2.60. The molecule has 1 aliphatic heterocycles. The third kappa shape index (κ3) is 2.02. The van der Waals surface area contributed by atoms with Crippen molar-refractivity contribution in [2.75, 3.05) is 6.61 Å². The number of aliphatic hydroxyl groups excluding tert-OH is 2. The summed E-state index contributed by atoms with van der Waals surface area (Å²) in [6.45, 7) is -0.559. The number of nitrogens with one attached hydrogen (secondary N) is 1. The van der Waals surface area contributed by atoms with Crippen LogP contribution < -0.4 is 11.2 Å². The summed E-state index contributed by atoms with van der Waals surface area (Å²) in [5.41, 5.74) is -1.45. The molecule has 0 saturated carbocycles. The molecule has 94 valence electrons. The summed E-state index contributed by atoms with van der Waals surface area (Å²) < 4.78 is 19.5. The molecule has 0 aliphatic carbocycles. The molecule has 8 heteroatoms. The van der Waals surface area contributed by atoms with Gasteiger partial charge in [-0.1, -0.05) is 0 Å². The lowest BCUT2D eigenvalue weighted by molar-refractivity contribution is -0.0491. The van der Waals surface area contributed by atoms with Gasteiger partial charge in [0.25, 0.3) is 5.56 Å². The first kappa shape index (κ1) is 12.0. The molecule has 1 saturated heterocycles. The highest BCUT2D eigenvalue weighted by Gasteiger charge is 2.45. The van der Waals surface area contributed by atoms with Crippen molar-refractivity contribution in [1.82, 2.24) is 9.55 Å². The molecular weight excluding hydrogens is 235 g/mol. The molecule has 3 N–H and O–H groups in total. The molecular formula is C9H11FN2O5. The smallest absolute Gasteiger partial charge is 0.330 e. The summed E-state index contributed by atoms with van der Waals surface area (Å²) in [6.07, 6.45) is -4.73. The molecule has 0 radical (unpaired) electrons. The fraction of sp³-hybridized carbons (Fsp3) is 0.556. The lowest BCUT2D eigenvalue weighted by Crippen LogP contribution is -2.35. The quantitative estimate of drug-likeness (QED) is 0.567. The average molecular weight is 246 g/mol. The molecule has 17 heavy (non-hydrogen) atoms. The average Bonchev–Trinajstić information content (AvgIpc) is 2.57. The number of aliphatic hydroxyl groups is 2. The molecule has 0 aromatic carbocycles. The zero-order valence-corrected chi connectivity index (χ0v) is 8.62. The predicted octanol–water partition coefficient (Wildman–Crippen LogP) is -1.87. The van der Waals surface area contributed by atoms with Gasteiger partial charge in [0, 0.05) is 12.3 Å². The van der Waals surface area contributed by atoms with Crippen molar-refractivity contribution in [3.63, 3.8) is 0 Å². The Morgan fingerprint density at radius 2 is 2.24 bits per heavy atom. The van der Waals surface area contributed by atoms with E-state index in [0.29, 0.717) is 0 Å². The van der Waals surface area contributed by atoms with E-state index in [-0.39, 0.29) is 0 Å². The van der Waals surface area contributed by atoms with E-state index in [0.717, 1.165) is 16.8 Å². The van der Waals surface area contributed by atoms with Crippen LogP contribution in [-0.4, -0.2) is 44.8 Å². The summed E-state index contributed by atoms with van der Waals surface area (Å²) in [4.78, 5) is 24.2. The van der Waals surface area contributed by atoms with Gasteiger partial charge in [-0.05, 0) is 0 Å². The Bertz CT molecular complexity index is 513. The number of halogens is 1. The standard InChI is InChI=1S/C9H11FN2O5/c10-6-7(15)4(3-13)17-8(6)12-2-1-5(14)11-9(12)16/h1-2,4,6-8,13,15H,3H2,(H,11,14,16)/t4?,6-,7+,8+/m1/s1. The monoisotopic (exact) mass is 246 g/mol. The SMILES string of the molecule is O=c1ccn([C@H]2OC(CO)[C@H](O)[C@H]2F)c(=O)[nH]1. The first-order valence-electron chi connectivity index (χ1n) is 4.94. The molecule has 1 fully saturated rings. The summed E-state index contributed by atoms with van der Waals surface area (Å²) in [5.74, 6) is 0. The van der Waals surface area contributed by atoms with Gasteiger partial charge in [0.2, 0.25) is 0 Å². The van der Waals surface area contributed by atoms with Gasteiger partial charge in [0.15, 0.2) is 12.4 Å². The van der Waals surface area contributed by atoms with E-state index in [1.54, 1.807) is 0 Å². The van der Waals surface area contributed by atoms with E-state index >= 15 is 0 Å².